The highest BCUT2D eigenvalue weighted by atomic mass is 16.5. The summed E-state index contributed by atoms with van der Waals surface area (Å²) in [5.41, 5.74) is 1.03. The van der Waals surface area contributed by atoms with Gasteiger partial charge >= 0.3 is 0 Å². The molecule has 0 bridgehead atoms. The number of hydrogen-bond acceptors (Lipinski definition) is 3. The van der Waals surface area contributed by atoms with E-state index in [2.05, 4.69) is 5.32 Å². The van der Waals surface area contributed by atoms with Crippen molar-refractivity contribution in [1.29, 1.82) is 0 Å². The molecule has 102 valence electrons. The Labute approximate surface area is 117 Å². The van der Waals surface area contributed by atoms with Gasteiger partial charge in [0.2, 0.25) is 5.91 Å². The van der Waals surface area contributed by atoms with Gasteiger partial charge in [-0.1, -0.05) is 18.2 Å². The molecule has 2 aromatic rings. The standard InChI is InChI=1S/C16H15NO3/c18-16(8-7-12-4-3-10-19-12)17-14-9-11-20-15-6-2-1-5-13(14)15/h1-8,10,14H,9,11H2,(H,17,18)/b8-7+/t14-/m0/s1. The SMILES string of the molecule is O=C(/C=C/c1ccco1)N[C@H]1CCOc2ccccc21. The third-order valence-electron chi connectivity index (χ3n) is 3.22. The molecule has 1 aromatic heterocycles. The van der Waals surface area contributed by atoms with Crippen molar-refractivity contribution in [2.45, 2.75) is 12.5 Å². The number of furan rings is 1. The number of carbonyl (C=O) groups is 1. The Morgan fingerprint density at radius 2 is 2.15 bits per heavy atom. The van der Waals surface area contributed by atoms with Crippen LogP contribution in [0.4, 0.5) is 0 Å². The van der Waals surface area contributed by atoms with E-state index in [9.17, 15) is 4.79 Å². The van der Waals surface area contributed by atoms with Crippen LogP contribution in [-0.2, 0) is 4.79 Å². The van der Waals surface area contributed by atoms with Crippen molar-refractivity contribution in [2.75, 3.05) is 6.61 Å². The van der Waals surface area contributed by atoms with Gasteiger partial charge in [-0.2, -0.15) is 0 Å². The summed E-state index contributed by atoms with van der Waals surface area (Å²) in [7, 11) is 0. The lowest BCUT2D eigenvalue weighted by molar-refractivity contribution is -0.117. The third kappa shape index (κ3) is 2.74. The lowest BCUT2D eigenvalue weighted by atomic mass is 10.0. The number of rotatable bonds is 3. The molecule has 1 amide bonds. The van der Waals surface area contributed by atoms with Gasteiger partial charge in [0, 0.05) is 18.1 Å². The zero-order valence-electron chi connectivity index (χ0n) is 10.9. The van der Waals surface area contributed by atoms with Crippen molar-refractivity contribution in [1.82, 2.24) is 5.32 Å². The van der Waals surface area contributed by atoms with E-state index in [1.54, 1.807) is 24.5 Å². The summed E-state index contributed by atoms with van der Waals surface area (Å²) in [5.74, 6) is 1.37. The molecule has 1 aliphatic rings. The minimum absolute atomic E-state index is 0.00583. The van der Waals surface area contributed by atoms with Crippen molar-refractivity contribution in [3.8, 4) is 5.75 Å². The molecule has 0 spiro atoms. The second-order valence-electron chi connectivity index (χ2n) is 4.58. The normalized spacial score (nSPS) is 17.5. The van der Waals surface area contributed by atoms with Crippen LogP contribution in [0.25, 0.3) is 6.08 Å². The molecule has 0 saturated heterocycles. The predicted octanol–water partition coefficient (Wildman–Crippen LogP) is 2.93. The van der Waals surface area contributed by atoms with E-state index < -0.39 is 0 Å². The Morgan fingerprint density at radius 1 is 1.25 bits per heavy atom. The first-order chi connectivity index (χ1) is 9.83. The van der Waals surface area contributed by atoms with E-state index in [0.717, 1.165) is 17.7 Å². The van der Waals surface area contributed by atoms with Crippen LogP contribution in [0.2, 0.25) is 0 Å². The molecule has 1 aliphatic heterocycles. The zero-order chi connectivity index (χ0) is 13.8. The van der Waals surface area contributed by atoms with Crippen LogP contribution in [0.5, 0.6) is 5.75 Å². The number of hydrogen-bond donors (Lipinski definition) is 1. The molecule has 20 heavy (non-hydrogen) atoms. The molecule has 1 atom stereocenters. The summed E-state index contributed by atoms with van der Waals surface area (Å²) in [4.78, 5) is 11.9. The van der Waals surface area contributed by atoms with Crippen LogP contribution in [0.1, 0.15) is 23.8 Å². The lowest BCUT2D eigenvalue weighted by Gasteiger charge is -2.26. The smallest absolute Gasteiger partial charge is 0.244 e. The third-order valence-corrected chi connectivity index (χ3v) is 3.22. The molecule has 0 fully saturated rings. The minimum atomic E-state index is -0.136. The first kappa shape index (κ1) is 12.5. The maximum absolute atomic E-state index is 11.9. The zero-order valence-corrected chi connectivity index (χ0v) is 10.9. The Balaban J connectivity index is 1.68. The highest BCUT2D eigenvalue weighted by molar-refractivity contribution is 5.91. The predicted molar refractivity (Wildman–Crippen MR) is 75.2 cm³/mol. The molecule has 0 unspecified atom stereocenters. The molecular weight excluding hydrogens is 254 g/mol. The van der Waals surface area contributed by atoms with Crippen LogP contribution in [0.3, 0.4) is 0 Å². The Kier molecular flexibility index (Phi) is 3.54. The van der Waals surface area contributed by atoms with Gasteiger partial charge in [-0.05, 0) is 24.3 Å². The van der Waals surface area contributed by atoms with Gasteiger partial charge in [0.15, 0.2) is 0 Å². The fraction of sp³-hybridized carbons (Fsp3) is 0.188. The summed E-state index contributed by atoms with van der Waals surface area (Å²) >= 11 is 0. The number of ether oxygens (including phenoxy) is 1. The highest BCUT2D eigenvalue weighted by Gasteiger charge is 2.21. The second-order valence-corrected chi connectivity index (χ2v) is 4.58. The van der Waals surface area contributed by atoms with Gasteiger partial charge in [0.1, 0.15) is 11.5 Å². The van der Waals surface area contributed by atoms with E-state index in [1.165, 1.54) is 6.08 Å². The molecule has 0 saturated carbocycles. The fourth-order valence-electron chi connectivity index (χ4n) is 2.26. The van der Waals surface area contributed by atoms with Gasteiger partial charge in [-0.15, -0.1) is 0 Å². The molecule has 4 nitrogen and oxygen atoms in total. The summed E-state index contributed by atoms with van der Waals surface area (Å²) in [6.07, 6.45) is 5.49. The molecule has 3 rings (SSSR count). The van der Waals surface area contributed by atoms with E-state index in [4.69, 9.17) is 9.15 Å². The molecule has 0 radical (unpaired) electrons. The molecule has 4 heteroatoms. The summed E-state index contributed by atoms with van der Waals surface area (Å²) in [6, 6.07) is 11.4. The maximum Gasteiger partial charge on any atom is 0.244 e. The number of carbonyl (C=O) groups excluding carboxylic acids is 1. The van der Waals surface area contributed by atoms with E-state index in [0.29, 0.717) is 12.4 Å². The van der Waals surface area contributed by atoms with Crippen molar-refractivity contribution in [3.05, 3.63) is 60.1 Å². The number of amides is 1. The minimum Gasteiger partial charge on any atom is -0.493 e. The van der Waals surface area contributed by atoms with Crippen molar-refractivity contribution in [3.63, 3.8) is 0 Å². The Bertz CT molecular complexity index is 616. The van der Waals surface area contributed by atoms with Crippen molar-refractivity contribution >= 4 is 12.0 Å². The number of benzene rings is 1. The van der Waals surface area contributed by atoms with Gasteiger partial charge < -0.3 is 14.5 Å². The second kappa shape index (κ2) is 5.65. The van der Waals surface area contributed by atoms with E-state index in [1.807, 2.05) is 24.3 Å². The molecule has 0 aliphatic carbocycles. The van der Waals surface area contributed by atoms with Gasteiger partial charge in [0.25, 0.3) is 0 Å². The number of fused-ring (bicyclic) bond motifs is 1. The average Bonchev–Trinajstić information content (AvgIpc) is 2.99. The average molecular weight is 269 g/mol. The maximum atomic E-state index is 11.9. The number of nitrogens with one attached hydrogen (secondary N) is 1. The van der Waals surface area contributed by atoms with E-state index >= 15 is 0 Å². The monoisotopic (exact) mass is 269 g/mol. The Morgan fingerprint density at radius 3 is 3.00 bits per heavy atom. The molecule has 1 aromatic carbocycles. The Hall–Kier alpha value is -2.49. The molecule has 2 heterocycles. The van der Waals surface area contributed by atoms with Gasteiger partial charge in [-0.3, -0.25) is 4.79 Å². The number of para-hydroxylation sites is 1. The van der Waals surface area contributed by atoms with Gasteiger partial charge in [-0.25, -0.2) is 0 Å². The van der Waals surface area contributed by atoms with E-state index in [-0.39, 0.29) is 11.9 Å². The summed E-state index contributed by atoms with van der Waals surface area (Å²) in [6.45, 7) is 0.615. The van der Waals surface area contributed by atoms with Crippen LogP contribution < -0.4 is 10.1 Å². The summed E-state index contributed by atoms with van der Waals surface area (Å²) < 4.78 is 10.7. The largest absolute Gasteiger partial charge is 0.493 e. The molecule has 1 N–H and O–H groups in total. The summed E-state index contributed by atoms with van der Waals surface area (Å²) in [5, 5.41) is 2.99. The van der Waals surface area contributed by atoms with Crippen LogP contribution in [0.15, 0.2) is 53.2 Å². The van der Waals surface area contributed by atoms with Crippen LogP contribution >= 0.6 is 0 Å². The quantitative estimate of drug-likeness (QED) is 0.872. The van der Waals surface area contributed by atoms with Crippen molar-refractivity contribution in [2.24, 2.45) is 0 Å². The molecular formula is C16H15NO3. The highest BCUT2D eigenvalue weighted by Crippen LogP contribution is 2.31. The van der Waals surface area contributed by atoms with Gasteiger partial charge in [0.05, 0.1) is 18.9 Å². The van der Waals surface area contributed by atoms with Crippen LogP contribution in [0, 0.1) is 0 Å². The van der Waals surface area contributed by atoms with Crippen molar-refractivity contribution < 1.29 is 13.9 Å². The van der Waals surface area contributed by atoms with Crippen LogP contribution in [-0.4, -0.2) is 12.5 Å². The first-order valence-corrected chi connectivity index (χ1v) is 6.57. The topological polar surface area (TPSA) is 51.5 Å². The first-order valence-electron chi connectivity index (χ1n) is 6.57. The lowest BCUT2D eigenvalue weighted by Crippen LogP contribution is -2.30. The fourth-order valence-corrected chi connectivity index (χ4v) is 2.26.